The van der Waals surface area contributed by atoms with E-state index in [4.69, 9.17) is 5.21 Å². The average Bonchev–Trinajstić information content (AvgIpc) is 2.40. The van der Waals surface area contributed by atoms with E-state index in [1.54, 1.807) is 0 Å². The molecule has 0 unspecified atom stereocenters. The normalized spacial score (nSPS) is 11.2. The molecule has 0 spiro atoms. The molecule has 0 aliphatic carbocycles. The molecule has 86 valence electrons. The molecule has 2 aromatic carbocycles. The molecule has 0 aromatic heterocycles. The van der Waals surface area contributed by atoms with Crippen LogP contribution in [0.25, 0.3) is 0 Å². The number of para-hydroxylation sites is 1. The summed E-state index contributed by atoms with van der Waals surface area (Å²) in [5.41, 5.74) is 4.07. The lowest BCUT2D eigenvalue weighted by molar-refractivity contribution is 0.232. The molecule has 0 atom stereocenters. The van der Waals surface area contributed by atoms with Crippen LogP contribution < -0.4 is 5.48 Å². The highest BCUT2D eigenvalue weighted by Gasteiger charge is 1.99. The number of nitrogens with zero attached hydrogens (tertiary/aromatic N) is 1. The van der Waals surface area contributed by atoms with Crippen LogP contribution in [0.1, 0.15) is 5.56 Å². The second kappa shape index (κ2) is 5.82. The van der Waals surface area contributed by atoms with Gasteiger partial charge in [-0.25, -0.2) is 4.99 Å². The molecule has 0 fully saturated rings. The zero-order valence-electron chi connectivity index (χ0n) is 9.38. The standard InChI is InChI=1S/C14H14N2O/c17-16-14(11-12-7-3-1-4-8-12)15-13-9-5-2-6-10-13/h1-10,17H,11H2,(H,15,16). The molecule has 17 heavy (non-hydrogen) atoms. The smallest absolute Gasteiger partial charge is 0.130 e. The molecular weight excluding hydrogens is 212 g/mol. The maximum absolute atomic E-state index is 9.07. The van der Waals surface area contributed by atoms with E-state index in [1.165, 1.54) is 0 Å². The molecule has 2 aromatic rings. The Bertz CT molecular complexity index is 480. The fourth-order valence-corrected chi connectivity index (χ4v) is 1.55. The number of hydrogen-bond acceptors (Lipinski definition) is 2. The van der Waals surface area contributed by atoms with Crippen LogP contribution in [-0.2, 0) is 6.42 Å². The van der Waals surface area contributed by atoms with Crippen LogP contribution in [0.2, 0.25) is 0 Å². The Morgan fingerprint density at radius 3 is 2.12 bits per heavy atom. The fraction of sp³-hybridized carbons (Fsp3) is 0.0714. The number of amidine groups is 1. The van der Waals surface area contributed by atoms with Crippen molar-refractivity contribution < 1.29 is 5.21 Å². The third-order valence-electron chi connectivity index (χ3n) is 2.36. The molecule has 0 saturated heterocycles. The summed E-state index contributed by atoms with van der Waals surface area (Å²) in [5.74, 6) is 0.530. The molecule has 0 amide bonds. The van der Waals surface area contributed by atoms with Crippen LogP contribution in [0.4, 0.5) is 5.69 Å². The van der Waals surface area contributed by atoms with Crippen molar-refractivity contribution in [3.63, 3.8) is 0 Å². The molecule has 2 N–H and O–H groups in total. The first-order chi connectivity index (χ1) is 8.38. The fourth-order valence-electron chi connectivity index (χ4n) is 1.55. The molecule has 0 saturated carbocycles. The Labute approximate surface area is 100 Å². The Morgan fingerprint density at radius 1 is 0.941 bits per heavy atom. The monoisotopic (exact) mass is 226 g/mol. The first-order valence-corrected chi connectivity index (χ1v) is 5.45. The Hall–Kier alpha value is -2.13. The van der Waals surface area contributed by atoms with Crippen LogP contribution in [0.15, 0.2) is 65.7 Å². The zero-order chi connectivity index (χ0) is 11.9. The highest BCUT2D eigenvalue weighted by molar-refractivity contribution is 5.85. The largest absolute Gasteiger partial charge is 0.290 e. The number of rotatable bonds is 3. The molecular formula is C14H14N2O. The SMILES string of the molecule is ONC(Cc1ccccc1)=Nc1ccccc1. The van der Waals surface area contributed by atoms with Crippen LogP contribution in [0.3, 0.4) is 0 Å². The molecule has 3 heteroatoms. The minimum atomic E-state index is 0.530. The number of aliphatic imine (C=N–C) groups is 1. The third kappa shape index (κ3) is 3.43. The van der Waals surface area contributed by atoms with Crippen LogP contribution in [0.5, 0.6) is 0 Å². The van der Waals surface area contributed by atoms with Gasteiger partial charge in [-0.1, -0.05) is 48.5 Å². The van der Waals surface area contributed by atoms with E-state index in [0.29, 0.717) is 12.3 Å². The highest BCUT2D eigenvalue weighted by atomic mass is 16.5. The third-order valence-corrected chi connectivity index (χ3v) is 2.36. The topological polar surface area (TPSA) is 44.6 Å². The van der Waals surface area contributed by atoms with Crippen LogP contribution in [0, 0.1) is 0 Å². The van der Waals surface area contributed by atoms with Crippen molar-refractivity contribution in [1.82, 2.24) is 5.48 Å². The van der Waals surface area contributed by atoms with Crippen molar-refractivity contribution in [2.24, 2.45) is 4.99 Å². The van der Waals surface area contributed by atoms with E-state index in [0.717, 1.165) is 11.3 Å². The average molecular weight is 226 g/mol. The molecule has 0 heterocycles. The predicted octanol–water partition coefficient (Wildman–Crippen LogP) is 2.94. The van der Waals surface area contributed by atoms with Crippen molar-refractivity contribution in [3.05, 3.63) is 66.2 Å². The summed E-state index contributed by atoms with van der Waals surface area (Å²) in [5, 5.41) is 9.07. The molecule has 0 bridgehead atoms. The van der Waals surface area contributed by atoms with Gasteiger partial charge < -0.3 is 0 Å². The van der Waals surface area contributed by atoms with Gasteiger partial charge in [-0.15, -0.1) is 0 Å². The van der Waals surface area contributed by atoms with E-state index >= 15 is 0 Å². The molecule has 3 nitrogen and oxygen atoms in total. The van der Waals surface area contributed by atoms with Gasteiger partial charge in [0.15, 0.2) is 0 Å². The van der Waals surface area contributed by atoms with Crippen molar-refractivity contribution in [1.29, 1.82) is 0 Å². The summed E-state index contributed by atoms with van der Waals surface area (Å²) in [6.07, 6.45) is 0.576. The van der Waals surface area contributed by atoms with Crippen molar-refractivity contribution in [2.45, 2.75) is 6.42 Å². The van der Waals surface area contributed by atoms with Crippen molar-refractivity contribution in [3.8, 4) is 0 Å². The highest BCUT2D eigenvalue weighted by Crippen LogP contribution is 2.11. The maximum atomic E-state index is 9.07. The number of hydroxylamine groups is 1. The lowest BCUT2D eigenvalue weighted by Gasteiger charge is -2.04. The first kappa shape index (κ1) is 11.4. The van der Waals surface area contributed by atoms with E-state index in [1.807, 2.05) is 60.7 Å². The second-order valence-electron chi connectivity index (χ2n) is 3.67. The minimum Gasteiger partial charge on any atom is -0.290 e. The van der Waals surface area contributed by atoms with Gasteiger partial charge in [-0.05, 0) is 17.7 Å². The van der Waals surface area contributed by atoms with Gasteiger partial charge in [0.25, 0.3) is 0 Å². The molecule has 0 aliphatic rings. The van der Waals surface area contributed by atoms with Crippen molar-refractivity contribution in [2.75, 3.05) is 0 Å². The van der Waals surface area contributed by atoms with E-state index in [9.17, 15) is 0 Å². The number of benzene rings is 2. The molecule has 0 radical (unpaired) electrons. The Kier molecular flexibility index (Phi) is 3.89. The minimum absolute atomic E-state index is 0.530. The van der Waals surface area contributed by atoms with E-state index < -0.39 is 0 Å². The van der Waals surface area contributed by atoms with Gasteiger partial charge in [-0.2, -0.15) is 0 Å². The summed E-state index contributed by atoms with van der Waals surface area (Å²) >= 11 is 0. The second-order valence-corrected chi connectivity index (χ2v) is 3.67. The summed E-state index contributed by atoms with van der Waals surface area (Å²) in [6, 6.07) is 19.4. The lowest BCUT2D eigenvalue weighted by Crippen LogP contribution is -2.21. The van der Waals surface area contributed by atoms with Crippen molar-refractivity contribution >= 4 is 11.5 Å². The number of hydrogen-bond donors (Lipinski definition) is 2. The summed E-state index contributed by atoms with van der Waals surface area (Å²) in [7, 11) is 0. The Morgan fingerprint density at radius 2 is 1.53 bits per heavy atom. The summed E-state index contributed by atoms with van der Waals surface area (Å²) in [4.78, 5) is 4.33. The maximum Gasteiger partial charge on any atom is 0.130 e. The van der Waals surface area contributed by atoms with Gasteiger partial charge in [0, 0.05) is 6.42 Å². The van der Waals surface area contributed by atoms with Gasteiger partial charge >= 0.3 is 0 Å². The van der Waals surface area contributed by atoms with Gasteiger partial charge in [0.1, 0.15) is 5.84 Å². The molecule has 2 rings (SSSR count). The van der Waals surface area contributed by atoms with E-state index in [-0.39, 0.29) is 0 Å². The first-order valence-electron chi connectivity index (χ1n) is 5.45. The lowest BCUT2D eigenvalue weighted by atomic mass is 10.1. The summed E-state index contributed by atoms with van der Waals surface area (Å²) in [6.45, 7) is 0. The van der Waals surface area contributed by atoms with E-state index in [2.05, 4.69) is 10.5 Å². The Balaban J connectivity index is 2.15. The summed E-state index contributed by atoms with van der Waals surface area (Å²) < 4.78 is 0. The predicted molar refractivity (Wildman–Crippen MR) is 68.6 cm³/mol. The number of nitrogens with one attached hydrogen (secondary N) is 1. The zero-order valence-corrected chi connectivity index (χ0v) is 9.38. The van der Waals surface area contributed by atoms with Gasteiger partial charge in [0.2, 0.25) is 0 Å². The van der Waals surface area contributed by atoms with Crippen LogP contribution >= 0.6 is 0 Å². The van der Waals surface area contributed by atoms with Crippen LogP contribution in [-0.4, -0.2) is 11.0 Å². The quantitative estimate of drug-likeness (QED) is 0.480. The van der Waals surface area contributed by atoms with Gasteiger partial charge in [0.05, 0.1) is 5.69 Å². The van der Waals surface area contributed by atoms with Gasteiger partial charge in [-0.3, -0.25) is 10.7 Å². The molecule has 0 aliphatic heterocycles.